The molecule has 0 bridgehead atoms. The van der Waals surface area contributed by atoms with Crippen LogP contribution in [-0.4, -0.2) is 68.9 Å². The molecule has 0 aromatic heterocycles. The number of imide groups is 1. The lowest BCUT2D eigenvalue weighted by Crippen LogP contribution is -2.61. The fourth-order valence-electron chi connectivity index (χ4n) is 5.70. The normalized spacial score (nSPS) is 39.2. The van der Waals surface area contributed by atoms with Crippen LogP contribution in [0.1, 0.15) is 40.5 Å². The molecule has 8 heteroatoms. The van der Waals surface area contributed by atoms with Crippen LogP contribution < -0.4 is 0 Å². The Bertz CT molecular complexity index is 826. The average molecular weight is 450 g/mol. The van der Waals surface area contributed by atoms with Crippen LogP contribution in [0.4, 0.5) is 0 Å². The molecule has 1 saturated carbocycles. The first kappa shape index (κ1) is 21.8. The second-order valence-corrected chi connectivity index (χ2v) is 15.8. The van der Waals surface area contributed by atoms with Crippen molar-refractivity contribution in [1.82, 2.24) is 4.90 Å². The molecule has 4 fully saturated rings. The molecule has 7 nitrogen and oxygen atoms in total. The number of epoxide rings is 1. The zero-order chi connectivity index (χ0) is 22.3. The third kappa shape index (κ3) is 2.98. The molecule has 0 N–H and O–H groups in total. The Labute approximate surface area is 185 Å². The number of hydrogen-bond acceptors (Lipinski definition) is 6. The summed E-state index contributed by atoms with van der Waals surface area (Å²) in [6.07, 6.45) is 2.83. The Morgan fingerprint density at radius 2 is 1.84 bits per heavy atom. The largest absolute Gasteiger partial charge is 0.411 e. The molecule has 172 valence electrons. The van der Waals surface area contributed by atoms with Gasteiger partial charge >= 0.3 is 0 Å². The Hall–Kier alpha value is -1.06. The molecule has 6 atom stereocenters. The van der Waals surface area contributed by atoms with Crippen LogP contribution in [-0.2, 0) is 28.2 Å². The maximum absolute atomic E-state index is 13.4. The predicted molar refractivity (Wildman–Crippen MR) is 116 cm³/mol. The molecule has 3 heterocycles. The fourth-order valence-corrected chi connectivity index (χ4v) is 7.02. The fraction of sp³-hybridized carbons (Fsp3) is 0.826. The number of hydrogen-bond donors (Lipinski definition) is 0. The average Bonchev–Trinajstić information content (AvgIpc) is 3.48. The number of rotatable bonds is 3. The number of nitrogens with zero attached hydrogens (tertiary/aromatic N) is 1. The molecule has 2 amide bonds. The third-order valence-electron chi connectivity index (χ3n) is 8.36. The second kappa shape index (κ2) is 6.97. The lowest BCUT2D eigenvalue weighted by atomic mass is 9.64. The summed E-state index contributed by atoms with van der Waals surface area (Å²) in [5, 5.41) is 0.0211. The molecule has 5 aliphatic rings. The van der Waals surface area contributed by atoms with Gasteiger partial charge in [0.1, 0.15) is 12.2 Å². The molecule has 0 radical (unpaired) electrons. The van der Waals surface area contributed by atoms with E-state index >= 15 is 0 Å². The number of amides is 2. The summed E-state index contributed by atoms with van der Waals surface area (Å²) in [4.78, 5) is 27.9. The molecule has 31 heavy (non-hydrogen) atoms. The maximum atomic E-state index is 13.4. The minimum atomic E-state index is -2.15. The molecule has 5 rings (SSSR count). The van der Waals surface area contributed by atoms with Crippen LogP contribution in [0.25, 0.3) is 0 Å². The minimum absolute atomic E-state index is 0.0211. The van der Waals surface area contributed by atoms with Gasteiger partial charge < -0.3 is 18.6 Å². The van der Waals surface area contributed by atoms with Gasteiger partial charge in [0, 0.05) is 12.5 Å². The van der Waals surface area contributed by atoms with E-state index in [0.717, 1.165) is 12.0 Å². The highest BCUT2D eigenvalue weighted by atomic mass is 28.4. The zero-order valence-electron chi connectivity index (χ0n) is 19.5. The first-order chi connectivity index (χ1) is 14.5. The van der Waals surface area contributed by atoms with E-state index in [9.17, 15) is 9.59 Å². The number of carbonyl (C=O) groups is 2. The first-order valence-corrected chi connectivity index (χ1v) is 14.6. The highest BCUT2D eigenvalue weighted by molar-refractivity contribution is 6.74. The van der Waals surface area contributed by atoms with Crippen molar-refractivity contribution in [3.05, 3.63) is 11.6 Å². The summed E-state index contributed by atoms with van der Waals surface area (Å²) in [6.45, 7) is 14.6. The lowest BCUT2D eigenvalue weighted by molar-refractivity contribution is -0.262. The highest BCUT2D eigenvalue weighted by Crippen LogP contribution is 2.60. The van der Waals surface area contributed by atoms with Crippen molar-refractivity contribution in [3.8, 4) is 0 Å². The topological polar surface area (TPSA) is 77.6 Å². The number of allylic oxidation sites excluding steroid dienone is 1. The molecule has 0 aromatic carbocycles. The van der Waals surface area contributed by atoms with Gasteiger partial charge in [-0.15, -0.1) is 0 Å². The maximum Gasteiger partial charge on any atom is 0.233 e. The van der Waals surface area contributed by atoms with Gasteiger partial charge in [-0.1, -0.05) is 26.8 Å². The first-order valence-electron chi connectivity index (χ1n) is 11.7. The van der Waals surface area contributed by atoms with Crippen LogP contribution in [0.3, 0.4) is 0 Å². The van der Waals surface area contributed by atoms with Crippen LogP contribution in [0, 0.1) is 17.8 Å². The van der Waals surface area contributed by atoms with E-state index < -0.39 is 20.0 Å². The monoisotopic (exact) mass is 449 g/mol. The van der Waals surface area contributed by atoms with Crippen molar-refractivity contribution in [2.45, 2.75) is 82.8 Å². The number of likely N-dealkylation sites (tertiary alicyclic amines) is 1. The SMILES string of the molecule is CCN1C(=O)[C@H]2[C@@H]3C(=CC[C@H]2C1=O)C1(OCCCO1)[C@H]1O[C@H]1[C@H]3O[Si](C)(C)C(C)(C)C. The van der Waals surface area contributed by atoms with Crippen LogP contribution in [0.5, 0.6) is 0 Å². The van der Waals surface area contributed by atoms with Gasteiger partial charge in [0.2, 0.25) is 17.6 Å². The van der Waals surface area contributed by atoms with Gasteiger partial charge in [0.15, 0.2) is 8.32 Å². The molecule has 0 unspecified atom stereocenters. The van der Waals surface area contributed by atoms with E-state index in [-0.39, 0.29) is 47.0 Å². The van der Waals surface area contributed by atoms with Crippen LogP contribution in [0.15, 0.2) is 11.6 Å². The standard InChI is InChI=1S/C23H35NO6Si/c1-7-24-20(25)13-9-10-14-16(15(13)21(24)26)17(30-31(5,6)22(2,3)4)18-19(29-18)23(14)27-11-8-12-28-23/h10,13,15-19H,7-9,11-12H2,1-6H3/t13-,15-,16+,17+,18+,19+/m1/s1. The van der Waals surface area contributed by atoms with E-state index in [1.54, 1.807) is 0 Å². The summed E-state index contributed by atoms with van der Waals surface area (Å²) in [5.74, 6) is -2.10. The van der Waals surface area contributed by atoms with Crippen molar-refractivity contribution in [1.29, 1.82) is 0 Å². The molecular formula is C23H35NO6Si. The molecule has 2 aliphatic carbocycles. The van der Waals surface area contributed by atoms with Crippen molar-refractivity contribution in [3.63, 3.8) is 0 Å². The Balaban J connectivity index is 1.59. The van der Waals surface area contributed by atoms with Gasteiger partial charge in [-0.3, -0.25) is 14.5 Å². The van der Waals surface area contributed by atoms with Gasteiger partial charge in [-0.2, -0.15) is 0 Å². The van der Waals surface area contributed by atoms with E-state index in [4.69, 9.17) is 18.6 Å². The quantitative estimate of drug-likeness (QED) is 0.285. The summed E-state index contributed by atoms with van der Waals surface area (Å²) in [6, 6.07) is 0. The van der Waals surface area contributed by atoms with E-state index in [0.29, 0.717) is 26.2 Å². The Kier molecular flexibility index (Phi) is 4.89. The van der Waals surface area contributed by atoms with Crippen molar-refractivity contribution in [2.75, 3.05) is 19.8 Å². The van der Waals surface area contributed by atoms with Crippen molar-refractivity contribution < 1.29 is 28.2 Å². The van der Waals surface area contributed by atoms with Gasteiger partial charge in [0.05, 0.1) is 31.2 Å². The summed E-state index contributed by atoms with van der Waals surface area (Å²) >= 11 is 0. The van der Waals surface area contributed by atoms with E-state index in [1.165, 1.54) is 4.90 Å². The Morgan fingerprint density at radius 3 is 2.45 bits per heavy atom. The Morgan fingerprint density at radius 1 is 1.16 bits per heavy atom. The van der Waals surface area contributed by atoms with Crippen molar-refractivity contribution in [2.24, 2.45) is 17.8 Å². The van der Waals surface area contributed by atoms with Gasteiger partial charge in [-0.25, -0.2) is 0 Å². The minimum Gasteiger partial charge on any atom is -0.411 e. The van der Waals surface area contributed by atoms with E-state index in [1.807, 2.05) is 6.92 Å². The molecule has 0 aromatic rings. The summed E-state index contributed by atoms with van der Waals surface area (Å²) in [7, 11) is -2.15. The number of fused-ring (bicyclic) bond motifs is 6. The molecule has 3 aliphatic heterocycles. The van der Waals surface area contributed by atoms with Crippen molar-refractivity contribution >= 4 is 20.1 Å². The number of ether oxygens (including phenoxy) is 3. The van der Waals surface area contributed by atoms with Gasteiger partial charge in [0.25, 0.3) is 0 Å². The third-order valence-corrected chi connectivity index (χ3v) is 12.8. The lowest BCUT2D eigenvalue weighted by Gasteiger charge is -2.51. The smallest absolute Gasteiger partial charge is 0.233 e. The number of carbonyl (C=O) groups excluding carboxylic acids is 2. The molecule has 3 saturated heterocycles. The molecular weight excluding hydrogens is 414 g/mol. The van der Waals surface area contributed by atoms with Crippen LogP contribution in [0.2, 0.25) is 18.1 Å². The summed E-state index contributed by atoms with van der Waals surface area (Å²) in [5.41, 5.74) is 0.968. The van der Waals surface area contributed by atoms with Gasteiger partial charge in [-0.05, 0) is 43.5 Å². The second-order valence-electron chi connectivity index (χ2n) is 11.1. The van der Waals surface area contributed by atoms with E-state index in [2.05, 4.69) is 39.9 Å². The highest BCUT2D eigenvalue weighted by Gasteiger charge is 2.73. The zero-order valence-corrected chi connectivity index (χ0v) is 20.5. The van der Waals surface area contributed by atoms with Crippen LogP contribution >= 0.6 is 0 Å². The summed E-state index contributed by atoms with van der Waals surface area (Å²) < 4.78 is 25.7. The predicted octanol–water partition coefficient (Wildman–Crippen LogP) is 2.86. The molecule has 1 spiro atoms.